The molecular formula is C41H46N6O15S2. The molecule has 2 aromatic carbocycles. The van der Waals surface area contributed by atoms with Crippen molar-refractivity contribution in [3.8, 4) is 28.2 Å². The third-order valence-electron chi connectivity index (χ3n) is 9.11. The van der Waals surface area contributed by atoms with Crippen LogP contribution in [0.4, 0.5) is 5.69 Å². The molecule has 0 spiro atoms. The van der Waals surface area contributed by atoms with Crippen molar-refractivity contribution in [2.24, 2.45) is 0 Å². The maximum atomic E-state index is 12.5. The number of thiocarbonyl (C=S) groups is 2. The van der Waals surface area contributed by atoms with Gasteiger partial charge in [-0.1, -0.05) is 6.07 Å². The summed E-state index contributed by atoms with van der Waals surface area (Å²) in [6, 6.07) is 10.7. The van der Waals surface area contributed by atoms with Crippen LogP contribution < -0.4 is 37.3 Å². The van der Waals surface area contributed by atoms with Crippen LogP contribution in [0.1, 0.15) is 42.5 Å². The van der Waals surface area contributed by atoms with Gasteiger partial charge in [0, 0.05) is 73.2 Å². The number of phenols is 1. The van der Waals surface area contributed by atoms with Crippen LogP contribution in [0, 0.1) is 0 Å². The van der Waals surface area contributed by atoms with E-state index in [2.05, 4.69) is 31.9 Å². The smallest absolute Gasteiger partial charge is 0.336 e. The molecule has 4 rings (SSSR count). The Morgan fingerprint density at radius 1 is 0.656 bits per heavy atom. The van der Waals surface area contributed by atoms with E-state index in [9.17, 15) is 54.0 Å². The molecule has 2 aliphatic rings. The summed E-state index contributed by atoms with van der Waals surface area (Å²) < 4.78 is 16.8. The Bertz CT molecular complexity index is 2390. The topological polar surface area (TPSA) is 324 Å². The lowest BCUT2D eigenvalue weighted by molar-refractivity contribution is -0.141. The molecule has 342 valence electrons. The van der Waals surface area contributed by atoms with Crippen molar-refractivity contribution >= 4 is 87.0 Å². The molecule has 0 bridgehead atoms. The number of ether oxygens (including phenoxy) is 2. The first-order valence-electron chi connectivity index (χ1n) is 19.6. The Kier molecular flexibility index (Phi) is 19.1. The average molecular weight is 927 g/mol. The van der Waals surface area contributed by atoms with Gasteiger partial charge >= 0.3 is 23.9 Å². The second kappa shape index (κ2) is 24.6. The largest absolute Gasteiger partial charge is 0.508 e. The summed E-state index contributed by atoms with van der Waals surface area (Å²) in [6.45, 7) is 1.25. The predicted octanol–water partition coefficient (Wildman–Crippen LogP) is 1.93. The van der Waals surface area contributed by atoms with Crippen LogP contribution in [-0.2, 0) is 33.4 Å². The van der Waals surface area contributed by atoms with Crippen molar-refractivity contribution in [3.05, 3.63) is 70.4 Å². The Morgan fingerprint density at radius 3 is 1.92 bits per heavy atom. The third kappa shape index (κ3) is 15.7. The number of carbonyl (C=O) groups excluding carboxylic acids is 2. The number of carbonyl (C=O) groups is 6. The fraction of sp³-hybridized carbons (Fsp3) is 0.341. The number of carboxylic acids is 4. The zero-order valence-corrected chi connectivity index (χ0v) is 35.6. The first-order valence-corrected chi connectivity index (χ1v) is 20.4. The van der Waals surface area contributed by atoms with Gasteiger partial charge in [-0.15, -0.1) is 0 Å². The zero-order chi connectivity index (χ0) is 46.8. The molecule has 0 unspecified atom stereocenters. The minimum Gasteiger partial charge on any atom is -0.508 e. The highest BCUT2D eigenvalue weighted by Crippen LogP contribution is 2.42. The van der Waals surface area contributed by atoms with Gasteiger partial charge in [-0.25, -0.2) is 14.4 Å². The molecule has 21 nitrogen and oxygen atoms in total. The van der Waals surface area contributed by atoms with Gasteiger partial charge in [-0.3, -0.25) is 19.2 Å². The molecule has 0 saturated carbocycles. The second-order valence-corrected chi connectivity index (χ2v) is 14.6. The molecule has 0 aromatic heterocycles. The van der Waals surface area contributed by atoms with E-state index >= 15 is 0 Å². The van der Waals surface area contributed by atoms with Gasteiger partial charge in [0.1, 0.15) is 29.2 Å². The van der Waals surface area contributed by atoms with Crippen molar-refractivity contribution in [1.29, 1.82) is 0 Å². The number of aromatic carboxylic acids is 1. The first-order chi connectivity index (χ1) is 30.5. The van der Waals surface area contributed by atoms with Gasteiger partial charge in [-0.05, 0) is 79.2 Å². The molecule has 1 heterocycles. The standard InChI is InChI=1S/C41H46N6O15S2/c48-23-2-5-26-31(20-23)62-32-21-24(49)3-6-27(32)36(26)25-4-1-22(19-28(25)37(54)55)45-40(63)44-14-16-61-18-17-60-15-11-34(51)43-13-12-42-33(50)9-7-29(38(56)57)46-41(64)47-30(39(58)59)8-10-35(52)53/h1-6,19-21,29-30,48H,7-18H2,(H,42,50)(H,43,51)(H,52,53)(H,54,55)(H,56,57)(H,58,59)(H2,44,45,63)(H2,46,47,64)/t29-,30-/m0/s1. The number of fused-ring (bicyclic) bond motifs is 2. The molecule has 0 saturated heterocycles. The summed E-state index contributed by atoms with van der Waals surface area (Å²) in [7, 11) is 0. The van der Waals surface area contributed by atoms with E-state index in [1.807, 2.05) is 0 Å². The summed E-state index contributed by atoms with van der Waals surface area (Å²) in [5.74, 6) is -5.80. The van der Waals surface area contributed by atoms with Gasteiger partial charge in [0.2, 0.25) is 11.8 Å². The molecule has 2 aromatic rings. The van der Waals surface area contributed by atoms with Crippen LogP contribution in [0.15, 0.2) is 63.8 Å². The van der Waals surface area contributed by atoms with Gasteiger partial charge < -0.3 is 71.3 Å². The van der Waals surface area contributed by atoms with E-state index in [1.54, 1.807) is 24.3 Å². The van der Waals surface area contributed by atoms with Crippen molar-refractivity contribution in [2.45, 2.75) is 44.2 Å². The minimum atomic E-state index is -1.37. The number of rotatable bonds is 25. The predicted molar refractivity (Wildman–Crippen MR) is 237 cm³/mol. The second-order valence-electron chi connectivity index (χ2n) is 13.8. The van der Waals surface area contributed by atoms with Gasteiger partial charge in [-0.2, -0.15) is 0 Å². The van der Waals surface area contributed by atoms with Crippen molar-refractivity contribution < 1.29 is 68.2 Å². The van der Waals surface area contributed by atoms with Crippen LogP contribution >= 0.6 is 24.4 Å². The third-order valence-corrected chi connectivity index (χ3v) is 9.60. The van der Waals surface area contributed by atoms with E-state index in [0.717, 1.165) is 0 Å². The number of aliphatic carboxylic acids is 3. The monoisotopic (exact) mass is 926 g/mol. The Morgan fingerprint density at radius 2 is 1.28 bits per heavy atom. The summed E-state index contributed by atoms with van der Waals surface area (Å²) in [5.41, 5.74) is 1.70. The molecule has 23 heteroatoms. The lowest BCUT2D eigenvalue weighted by Gasteiger charge is -2.20. The zero-order valence-electron chi connectivity index (χ0n) is 34.0. The fourth-order valence-electron chi connectivity index (χ4n) is 6.06. The number of nitrogens with one attached hydrogen (secondary N) is 6. The molecule has 1 aliphatic carbocycles. The number of phenolic OH excluding ortho intramolecular Hbond substituents is 1. The molecule has 11 N–H and O–H groups in total. The minimum absolute atomic E-state index is 0.0418. The molecule has 64 heavy (non-hydrogen) atoms. The summed E-state index contributed by atoms with van der Waals surface area (Å²) in [5, 5.41) is 64.0. The summed E-state index contributed by atoms with van der Waals surface area (Å²) in [4.78, 5) is 82.6. The lowest BCUT2D eigenvalue weighted by atomic mass is 9.90. The number of benzene rings is 3. The number of hydrogen-bond acceptors (Lipinski definition) is 13. The summed E-state index contributed by atoms with van der Waals surface area (Å²) >= 11 is 10.3. The highest BCUT2D eigenvalue weighted by Gasteiger charge is 2.25. The Labute approximate surface area is 374 Å². The summed E-state index contributed by atoms with van der Waals surface area (Å²) in [6.07, 6.45) is -1.14. The molecule has 0 radical (unpaired) electrons. The van der Waals surface area contributed by atoms with E-state index in [-0.39, 0.29) is 109 Å². The highest BCUT2D eigenvalue weighted by atomic mass is 32.1. The lowest BCUT2D eigenvalue weighted by Crippen LogP contribution is -2.51. The SMILES string of the molecule is O=C(O)CC[C@H](NC(=S)N[C@@H](CCC(=O)NCCNC(=O)CCOCCOCCNC(=S)Nc1ccc(-c2c3ccc(=O)cc-3oc3cc(O)ccc23)c(C(=O)O)c1)C(=O)O)C(=O)O. The average Bonchev–Trinajstić information content (AvgIpc) is 3.23. The van der Waals surface area contributed by atoms with Crippen molar-refractivity contribution in [3.63, 3.8) is 0 Å². The van der Waals surface area contributed by atoms with Crippen LogP contribution in [0.5, 0.6) is 5.75 Å². The van der Waals surface area contributed by atoms with Gasteiger partial charge in [0.25, 0.3) is 0 Å². The molecule has 1 aliphatic heterocycles. The molecule has 2 atom stereocenters. The van der Waals surface area contributed by atoms with Crippen molar-refractivity contribution in [2.75, 3.05) is 51.4 Å². The van der Waals surface area contributed by atoms with Crippen molar-refractivity contribution in [1.82, 2.24) is 26.6 Å². The fourth-order valence-corrected chi connectivity index (χ4v) is 6.57. The maximum Gasteiger partial charge on any atom is 0.336 e. The highest BCUT2D eigenvalue weighted by molar-refractivity contribution is 7.80. The van der Waals surface area contributed by atoms with Gasteiger partial charge in [0.15, 0.2) is 15.7 Å². The number of hydrogen-bond donors (Lipinski definition) is 11. The van der Waals surface area contributed by atoms with E-state index in [0.29, 0.717) is 34.3 Å². The van der Waals surface area contributed by atoms with Gasteiger partial charge in [0.05, 0.1) is 32.0 Å². The molecule has 0 fully saturated rings. The van der Waals surface area contributed by atoms with E-state index < -0.39 is 48.3 Å². The van der Waals surface area contributed by atoms with Crippen LogP contribution in [0.3, 0.4) is 0 Å². The van der Waals surface area contributed by atoms with Crippen LogP contribution in [0.2, 0.25) is 0 Å². The number of carboxylic acid groups (broad SMARTS) is 4. The molecule has 2 amide bonds. The normalized spacial score (nSPS) is 11.8. The van der Waals surface area contributed by atoms with E-state index in [1.165, 1.54) is 30.3 Å². The maximum absolute atomic E-state index is 12.5. The van der Waals surface area contributed by atoms with E-state index in [4.69, 9.17) is 43.4 Å². The molecular weight excluding hydrogens is 881 g/mol. The number of aromatic hydroxyl groups is 1. The number of anilines is 1. The number of amides is 2. The first kappa shape index (κ1) is 49.7. The Hall–Kier alpha value is -6.95. The Balaban J connectivity index is 1.08. The quantitative estimate of drug-likeness (QED) is 0.0257. The van der Waals surface area contributed by atoms with Crippen LogP contribution in [0.25, 0.3) is 33.4 Å². The van der Waals surface area contributed by atoms with Crippen LogP contribution in [-0.4, -0.2) is 130 Å².